The molecule has 128 valence electrons. The van der Waals surface area contributed by atoms with E-state index in [1.807, 2.05) is 32.9 Å². The lowest BCUT2D eigenvalue weighted by molar-refractivity contribution is 0.0499. The molecule has 7 nitrogen and oxygen atoms in total. The van der Waals surface area contributed by atoms with E-state index in [9.17, 15) is 4.79 Å². The Morgan fingerprint density at radius 3 is 2.83 bits per heavy atom. The highest BCUT2D eigenvalue weighted by Gasteiger charge is 2.26. The molecule has 0 bridgehead atoms. The highest BCUT2D eigenvalue weighted by molar-refractivity contribution is 5.68. The van der Waals surface area contributed by atoms with Gasteiger partial charge >= 0.3 is 6.09 Å². The first-order chi connectivity index (χ1) is 11.3. The molecule has 0 aromatic carbocycles. The molecule has 24 heavy (non-hydrogen) atoms. The number of carbonyl (C=O) groups is 1. The van der Waals surface area contributed by atoms with E-state index in [1.165, 1.54) is 12.8 Å². The molecule has 0 radical (unpaired) electrons. The lowest BCUT2D eigenvalue weighted by Crippen LogP contribution is -2.34. The molecule has 1 atom stereocenters. The zero-order valence-corrected chi connectivity index (χ0v) is 14.4. The molecule has 3 rings (SSSR count). The molecular formula is C17H22N4O3. The highest BCUT2D eigenvalue weighted by Crippen LogP contribution is 2.39. The van der Waals surface area contributed by atoms with Gasteiger partial charge < -0.3 is 14.6 Å². The zero-order chi connectivity index (χ0) is 17.3. The SMILES string of the molecule is C[C@H](NC(=O)OC(C)(C)C)c1nc(-c2ccnc(C3CC3)c2)no1. The molecule has 2 aromatic rings. The molecule has 1 fully saturated rings. The molecule has 1 amide bonds. The van der Waals surface area contributed by atoms with Crippen molar-refractivity contribution in [1.29, 1.82) is 0 Å². The number of carbonyl (C=O) groups excluding carboxylic acids is 1. The average molecular weight is 330 g/mol. The van der Waals surface area contributed by atoms with Crippen LogP contribution < -0.4 is 5.32 Å². The maximum atomic E-state index is 11.8. The molecule has 1 aliphatic rings. The van der Waals surface area contributed by atoms with Crippen LogP contribution in [0.4, 0.5) is 4.79 Å². The molecule has 7 heteroatoms. The van der Waals surface area contributed by atoms with Gasteiger partial charge in [0.1, 0.15) is 11.6 Å². The predicted octanol–water partition coefficient (Wildman–Crippen LogP) is 3.59. The van der Waals surface area contributed by atoms with E-state index in [-0.39, 0.29) is 0 Å². The fraction of sp³-hybridized carbons (Fsp3) is 0.529. The van der Waals surface area contributed by atoms with E-state index < -0.39 is 17.7 Å². The van der Waals surface area contributed by atoms with Gasteiger partial charge in [-0.2, -0.15) is 4.98 Å². The summed E-state index contributed by atoms with van der Waals surface area (Å²) in [6.07, 6.45) is 3.62. The van der Waals surface area contributed by atoms with Crippen molar-refractivity contribution in [3.8, 4) is 11.4 Å². The molecule has 0 aliphatic heterocycles. The van der Waals surface area contributed by atoms with Crippen LogP contribution in [0.25, 0.3) is 11.4 Å². The molecular weight excluding hydrogens is 308 g/mol. The number of hydrogen-bond acceptors (Lipinski definition) is 6. The number of amides is 1. The monoisotopic (exact) mass is 330 g/mol. The molecule has 0 saturated heterocycles. The fourth-order valence-electron chi connectivity index (χ4n) is 2.26. The van der Waals surface area contributed by atoms with Crippen LogP contribution in [0.3, 0.4) is 0 Å². The molecule has 0 unspecified atom stereocenters. The van der Waals surface area contributed by atoms with E-state index in [4.69, 9.17) is 9.26 Å². The van der Waals surface area contributed by atoms with Gasteiger partial charge in [-0.05, 0) is 52.7 Å². The third-order valence-electron chi connectivity index (χ3n) is 3.58. The summed E-state index contributed by atoms with van der Waals surface area (Å²) in [5.41, 5.74) is 1.38. The maximum absolute atomic E-state index is 11.8. The van der Waals surface area contributed by atoms with Crippen molar-refractivity contribution >= 4 is 6.09 Å². The van der Waals surface area contributed by atoms with Crippen molar-refractivity contribution in [2.75, 3.05) is 0 Å². The minimum Gasteiger partial charge on any atom is -0.444 e. The van der Waals surface area contributed by atoms with Gasteiger partial charge in [-0.3, -0.25) is 4.98 Å². The number of pyridine rings is 1. The van der Waals surface area contributed by atoms with Gasteiger partial charge in [-0.1, -0.05) is 5.16 Å². The average Bonchev–Trinajstić information content (AvgIpc) is 3.22. The Morgan fingerprint density at radius 2 is 2.17 bits per heavy atom. The van der Waals surface area contributed by atoms with Crippen molar-refractivity contribution in [2.24, 2.45) is 0 Å². The van der Waals surface area contributed by atoms with Crippen LogP contribution in [0.5, 0.6) is 0 Å². The molecule has 1 aliphatic carbocycles. The Hall–Kier alpha value is -2.44. The summed E-state index contributed by atoms with van der Waals surface area (Å²) in [6.45, 7) is 7.19. The molecule has 0 spiro atoms. The van der Waals surface area contributed by atoms with Crippen LogP contribution in [-0.4, -0.2) is 26.8 Å². The number of nitrogens with zero attached hydrogens (tertiary/aromatic N) is 3. The van der Waals surface area contributed by atoms with Crippen LogP contribution in [0.15, 0.2) is 22.9 Å². The summed E-state index contributed by atoms with van der Waals surface area (Å²) in [5, 5.41) is 6.69. The Bertz CT molecular complexity index is 731. The van der Waals surface area contributed by atoms with Crippen LogP contribution in [0.2, 0.25) is 0 Å². The second kappa shape index (κ2) is 6.22. The van der Waals surface area contributed by atoms with E-state index in [0.29, 0.717) is 17.6 Å². The zero-order valence-electron chi connectivity index (χ0n) is 14.4. The number of nitrogens with one attached hydrogen (secondary N) is 1. The minimum atomic E-state index is -0.555. The smallest absolute Gasteiger partial charge is 0.408 e. The van der Waals surface area contributed by atoms with Crippen LogP contribution in [-0.2, 0) is 4.74 Å². The van der Waals surface area contributed by atoms with Gasteiger partial charge in [-0.15, -0.1) is 0 Å². The summed E-state index contributed by atoms with van der Waals surface area (Å²) in [7, 11) is 0. The fourth-order valence-corrected chi connectivity index (χ4v) is 2.26. The van der Waals surface area contributed by atoms with E-state index in [1.54, 1.807) is 13.1 Å². The molecule has 2 heterocycles. The van der Waals surface area contributed by atoms with Crippen LogP contribution >= 0.6 is 0 Å². The lowest BCUT2D eigenvalue weighted by atomic mass is 10.2. The number of aromatic nitrogens is 3. The van der Waals surface area contributed by atoms with Gasteiger partial charge in [-0.25, -0.2) is 4.79 Å². The van der Waals surface area contributed by atoms with Gasteiger partial charge in [0, 0.05) is 23.4 Å². The Balaban J connectivity index is 1.68. The summed E-state index contributed by atoms with van der Waals surface area (Å²) >= 11 is 0. The molecule has 2 aromatic heterocycles. The standard InChI is InChI=1S/C17H22N4O3/c1-10(19-16(22)23-17(2,3)4)15-20-14(21-24-15)12-7-8-18-13(9-12)11-5-6-11/h7-11H,5-6H2,1-4H3,(H,19,22)/t10-/m0/s1. The summed E-state index contributed by atoms with van der Waals surface area (Å²) < 4.78 is 10.5. The second-order valence-electron chi connectivity index (χ2n) is 7.07. The van der Waals surface area contributed by atoms with E-state index >= 15 is 0 Å². The first-order valence-electron chi connectivity index (χ1n) is 8.11. The number of alkyl carbamates (subject to hydrolysis) is 1. The summed E-state index contributed by atoms with van der Waals surface area (Å²) in [6, 6.07) is 3.41. The van der Waals surface area contributed by atoms with Crippen molar-refractivity contribution in [3.05, 3.63) is 29.9 Å². The van der Waals surface area contributed by atoms with Gasteiger partial charge in [0.15, 0.2) is 0 Å². The lowest BCUT2D eigenvalue weighted by Gasteiger charge is -2.20. The maximum Gasteiger partial charge on any atom is 0.408 e. The van der Waals surface area contributed by atoms with Crippen molar-refractivity contribution in [2.45, 2.75) is 58.1 Å². The van der Waals surface area contributed by atoms with Crippen molar-refractivity contribution in [1.82, 2.24) is 20.4 Å². The van der Waals surface area contributed by atoms with E-state index in [2.05, 4.69) is 20.4 Å². The number of rotatable bonds is 4. The Morgan fingerprint density at radius 1 is 1.42 bits per heavy atom. The number of ether oxygens (including phenoxy) is 1. The van der Waals surface area contributed by atoms with Gasteiger partial charge in [0.25, 0.3) is 0 Å². The second-order valence-corrected chi connectivity index (χ2v) is 7.07. The normalized spacial score (nSPS) is 15.8. The highest BCUT2D eigenvalue weighted by atomic mass is 16.6. The molecule has 1 N–H and O–H groups in total. The third kappa shape index (κ3) is 4.10. The summed E-state index contributed by atoms with van der Waals surface area (Å²) in [5.74, 6) is 1.39. The Labute approximate surface area is 140 Å². The van der Waals surface area contributed by atoms with Gasteiger partial charge in [0.2, 0.25) is 11.7 Å². The first-order valence-corrected chi connectivity index (χ1v) is 8.11. The topological polar surface area (TPSA) is 90.1 Å². The van der Waals surface area contributed by atoms with Crippen LogP contribution in [0.1, 0.15) is 64.1 Å². The predicted molar refractivity (Wildman–Crippen MR) is 87.3 cm³/mol. The largest absolute Gasteiger partial charge is 0.444 e. The number of hydrogen-bond donors (Lipinski definition) is 1. The quantitative estimate of drug-likeness (QED) is 0.921. The molecule has 1 saturated carbocycles. The Kier molecular flexibility index (Phi) is 4.26. The minimum absolute atomic E-state index is 0.334. The summed E-state index contributed by atoms with van der Waals surface area (Å²) in [4.78, 5) is 20.6. The van der Waals surface area contributed by atoms with Crippen molar-refractivity contribution in [3.63, 3.8) is 0 Å². The van der Waals surface area contributed by atoms with Crippen LogP contribution in [0, 0.1) is 0 Å². The van der Waals surface area contributed by atoms with Gasteiger partial charge in [0.05, 0.1) is 0 Å². The van der Waals surface area contributed by atoms with E-state index in [0.717, 1.165) is 11.3 Å². The first kappa shape index (κ1) is 16.4. The van der Waals surface area contributed by atoms with Crippen molar-refractivity contribution < 1.29 is 14.1 Å². The third-order valence-corrected chi connectivity index (χ3v) is 3.58.